The minimum atomic E-state index is -0.225. The molecule has 1 amide bonds. The highest BCUT2D eigenvalue weighted by Gasteiger charge is 2.33. The standard InChI is InChI=1S/C29H26N4O2/c34-28(30-18-17-20-9-3-1-4-10-20)27-25(19-21-11-5-2-6-12-21)33-26(29(35)32(27)22-15-16-22)23-13-7-8-14-24(23)31-33/h1-14,22H,15-19H2,(H,30,34). The van der Waals surface area contributed by atoms with Crippen molar-refractivity contribution in [2.75, 3.05) is 6.54 Å². The second-order valence-electron chi connectivity index (χ2n) is 9.13. The number of amides is 1. The van der Waals surface area contributed by atoms with Gasteiger partial charge in [-0.2, -0.15) is 5.10 Å². The van der Waals surface area contributed by atoms with Gasteiger partial charge >= 0.3 is 0 Å². The zero-order valence-corrected chi connectivity index (χ0v) is 19.4. The number of benzene rings is 3. The maximum atomic E-state index is 13.8. The van der Waals surface area contributed by atoms with Crippen LogP contribution in [0.3, 0.4) is 0 Å². The largest absolute Gasteiger partial charge is 0.350 e. The molecule has 0 unspecified atom stereocenters. The molecule has 35 heavy (non-hydrogen) atoms. The third-order valence-electron chi connectivity index (χ3n) is 6.65. The molecule has 0 aliphatic heterocycles. The average molecular weight is 463 g/mol. The van der Waals surface area contributed by atoms with Gasteiger partial charge in [0.15, 0.2) is 0 Å². The Kier molecular flexibility index (Phi) is 5.41. The van der Waals surface area contributed by atoms with Crippen LogP contribution in [0, 0.1) is 0 Å². The first-order valence-electron chi connectivity index (χ1n) is 12.1. The molecule has 1 N–H and O–H groups in total. The van der Waals surface area contributed by atoms with Gasteiger partial charge in [0.05, 0.1) is 11.2 Å². The predicted molar refractivity (Wildman–Crippen MR) is 137 cm³/mol. The van der Waals surface area contributed by atoms with Crippen LogP contribution in [0.1, 0.15) is 46.2 Å². The third-order valence-corrected chi connectivity index (χ3v) is 6.65. The number of nitrogens with one attached hydrogen (secondary N) is 1. The lowest BCUT2D eigenvalue weighted by Gasteiger charge is -2.18. The maximum absolute atomic E-state index is 13.8. The molecule has 1 fully saturated rings. The maximum Gasteiger partial charge on any atom is 0.278 e. The Balaban J connectivity index is 1.50. The molecule has 1 aliphatic carbocycles. The first kappa shape index (κ1) is 21.4. The fraction of sp³-hybridized carbons (Fsp3) is 0.207. The van der Waals surface area contributed by atoms with E-state index in [1.54, 1.807) is 9.08 Å². The van der Waals surface area contributed by atoms with Crippen molar-refractivity contribution >= 4 is 22.3 Å². The molecule has 2 heterocycles. The van der Waals surface area contributed by atoms with Gasteiger partial charge in [0.2, 0.25) is 0 Å². The Bertz CT molecular complexity index is 1580. The van der Waals surface area contributed by atoms with E-state index in [-0.39, 0.29) is 17.5 Å². The Morgan fingerprint density at radius 1 is 0.886 bits per heavy atom. The van der Waals surface area contributed by atoms with Crippen LogP contribution in [-0.4, -0.2) is 26.6 Å². The van der Waals surface area contributed by atoms with Crippen LogP contribution in [0.2, 0.25) is 0 Å². The summed E-state index contributed by atoms with van der Waals surface area (Å²) in [5.41, 5.74) is 4.53. The van der Waals surface area contributed by atoms with Crippen LogP contribution in [0.25, 0.3) is 16.4 Å². The number of hydrogen-bond donors (Lipinski definition) is 1. The molecule has 1 saturated carbocycles. The first-order chi connectivity index (χ1) is 17.2. The Labute approximate surface area is 202 Å². The second kappa shape index (κ2) is 8.87. The first-order valence-corrected chi connectivity index (χ1v) is 12.1. The van der Waals surface area contributed by atoms with Gasteiger partial charge in [-0.05, 0) is 36.5 Å². The molecule has 5 aromatic rings. The highest BCUT2D eigenvalue weighted by molar-refractivity contribution is 5.97. The van der Waals surface area contributed by atoms with Crippen LogP contribution >= 0.6 is 0 Å². The van der Waals surface area contributed by atoms with Crippen molar-refractivity contribution in [3.8, 4) is 0 Å². The molecular weight excluding hydrogens is 436 g/mol. The molecule has 0 bridgehead atoms. The highest BCUT2D eigenvalue weighted by Crippen LogP contribution is 2.36. The molecular formula is C29H26N4O2. The van der Waals surface area contributed by atoms with Crippen LogP contribution in [0.5, 0.6) is 0 Å². The Morgan fingerprint density at radius 3 is 2.26 bits per heavy atom. The van der Waals surface area contributed by atoms with Gasteiger partial charge in [-0.3, -0.25) is 14.2 Å². The number of fused-ring (bicyclic) bond motifs is 3. The van der Waals surface area contributed by atoms with E-state index in [0.717, 1.165) is 47.0 Å². The SMILES string of the molecule is O=C(NCCc1ccccc1)c1c(Cc2ccccc2)n2nc3ccccc3c2c(=O)n1C1CC1. The Hall–Kier alpha value is -4.19. The summed E-state index contributed by atoms with van der Waals surface area (Å²) in [6.45, 7) is 0.492. The lowest BCUT2D eigenvalue weighted by Crippen LogP contribution is -2.36. The topological polar surface area (TPSA) is 68.4 Å². The van der Waals surface area contributed by atoms with Crippen molar-refractivity contribution in [2.24, 2.45) is 0 Å². The number of carbonyl (C=O) groups excluding carboxylic acids is 1. The molecule has 2 aromatic heterocycles. The smallest absolute Gasteiger partial charge is 0.278 e. The summed E-state index contributed by atoms with van der Waals surface area (Å²) in [4.78, 5) is 27.5. The van der Waals surface area contributed by atoms with Crippen LogP contribution in [0.15, 0.2) is 89.7 Å². The zero-order chi connectivity index (χ0) is 23.8. The quantitative estimate of drug-likeness (QED) is 0.386. The van der Waals surface area contributed by atoms with Crippen molar-refractivity contribution < 1.29 is 4.79 Å². The van der Waals surface area contributed by atoms with Crippen molar-refractivity contribution in [3.05, 3.63) is 118 Å². The van der Waals surface area contributed by atoms with E-state index in [1.165, 1.54) is 0 Å². The summed E-state index contributed by atoms with van der Waals surface area (Å²) in [6.07, 6.45) is 3.02. The molecule has 6 nitrogen and oxygen atoms in total. The van der Waals surface area contributed by atoms with E-state index < -0.39 is 0 Å². The van der Waals surface area contributed by atoms with E-state index in [2.05, 4.69) is 17.4 Å². The van der Waals surface area contributed by atoms with Gasteiger partial charge in [0.25, 0.3) is 11.5 Å². The van der Waals surface area contributed by atoms with Crippen LogP contribution < -0.4 is 10.9 Å². The molecule has 174 valence electrons. The minimum absolute atomic E-state index is 0.0468. The summed E-state index contributed by atoms with van der Waals surface area (Å²) < 4.78 is 3.45. The minimum Gasteiger partial charge on any atom is -0.350 e. The number of carbonyl (C=O) groups is 1. The molecule has 0 atom stereocenters. The number of aromatic nitrogens is 3. The second-order valence-corrected chi connectivity index (χ2v) is 9.13. The summed E-state index contributed by atoms with van der Waals surface area (Å²) in [6, 6.07) is 27.8. The lowest BCUT2D eigenvalue weighted by molar-refractivity contribution is 0.0941. The summed E-state index contributed by atoms with van der Waals surface area (Å²) >= 11 is 0. The normalized spacial score (nSPS) is 13.4. The van der Waals surface area contributed by atoms with Crippen LogP contribution in [0.4, 0.5) is 0 Å². The van der Waals surface area contributed by atoms with Gasteiger partial charge in [-0.25, -0.2) is 4.52 Å². The summed E-state index contributed by atoms with van der Waals surface area (Å²) in [7, 11) is 0. The summed E-state index contributed by atoms with van der Waals surface area (Å²) in [5, 5.41) is 8.69. The van der Waals surface area contributed by atoms with Gasteiger partial charge < -0.3 is 5.32 Å². The fourth-order valence-electron chi connectivity index (χ4n) is 4.81. The lowest BCUT2D eigenvalue weighted by atomic mass is 10.1. The van der Waals surface area contributed by atoms with E-state index in [4.69, 9.17) is 5.10 Å². The van der Waals surface area contributed by atoms with E-state index in [9.17, 15) is 9.59 Å². The molecule has 0 radical (unpaired) electrons. The van der Waals surface area contributed by atoms with E-state index in [0.29, 0.717) is 24.2 Å². The number of hydrogen-bond acceptors (Lipinski definition) is 3. The molecule has 0 saturated heterocycles. The summed E-state index contributed by atoms with van der Waals surface area (Å²) in [5.74, 6) is -0.225. The fourth-order valence-corrected chi connectivity index (χ4v) is 4.81. The highest BCUT2D eigenvalue weighted by atomic mass is 16.2. The molecule has 1 aliphatic rings. The van der Waals surface area contributed by atoms with Gasteiger partial charge in [-0.1, -0.05) is 78.9 Å². The average Bonchev–Trinajstić information content (AvgIpc) is 3.65. The van der Waals surface area contributed by atoms with Gasteiger partial charge in [0.1, 0.15) is 11.2 Å². The third kappa shape index (κ3) is 4.01. The molecule has 3 aromatic carbocycles. The predicted octanol–water partition coefficient (Wildman–Crippen LogP) is 4.55. The zero-order valence-electron chi connectivity index (χ0n) is 19.4. The molecule has 6 rings (SSSR count). The van der Waals surface area contributed by atoms with Crippen LogP contribution in [-0.2, 0) is 12.8 Å². The van der Waals surface area contributed by atoms with Crippen molar-refractivity contribution in [1.82, 2.24) is 19.5 Å². The number of nitrogens with zero attached hydrogens (tertiary/aromatic N) is 3. The van der Waals surface area contributed by atoms with Crippen molar-refractivity contribution in [1.29, 1.82) is 0 Å². The van der Waals surface area contributed by atoms with Gasteiger partial charge in [-0.15, -0.1) is 0 Å². The monoisotopic (exact) mass is 462 g/mol. The molecule has 0 spiro atoms. The Morgan fingerprint density at radius 2 is 1.54 bits per heavy atom. The number of rotatable bonds is 7. The van der Waals surface area contributed by atoms with E-state index in [1.807, 2.05) is 72.8 Å². The molecule has 6 heteroatoms. The van der Waals surface area contributed by atoms with Gasteiger partial charge in [0, 0.05) is 24.4 Å². The van der Waals surface area contributed by atoms with Crippen molar-refractivity contribution in [3.63, 3.8) is 0 Å². The van der Waals surface area contributed by atoms with E-state index >= 15 is 0 Å². The van der Waals surface area contributed by atoms with Crippen molar-refractivity contribution in [2.45, 2.75) is 31.7 Å².